The third-order valence-electron chi connectivity index (χ3n) is 5.07. The molecule has 6 heteroatoms. The van der Waals surface area contributed by atoms with Gasteiger partial charge in [0.05, 0.1) is 11.9 Å². The van der Waals surface area contributed by atoms with Gasteiger partial charge in [-0.15, -0.1) is 0 Å². The SMILES string of the molecule is CCc1ccc(NC(=O)c2ccc(-n3cc(CNC(=O)C4CC4)cn3)cc2)cc1. The van der Waals surface area contributed by atoms with Crippen LogP contribution in [0.25, 0.3) is 5.69 Å². The van der Waals surface area contributed by atoms with Crippen molar-refractivity contribution in [2.45, 2.75) is 32.7 Å². The van der Waals surface area contributed by atoms with Crippen molar-refractivity contribution in [3.63, 3.8) is 0 Å². The standard InChI is InChI=1S/C23H24N4O2/c1-2-16-3-9-20(10-4-16)26-23(29)19-7-11-21(12-8-19)27-15-17(14-25-27)13-24-22(28)18-5-6-18/h3-4,7-12,14-15,18H,2,5-6,13H2,1H3,(H,24,28)(H,26,29). The molecule has 29 heavy (non-hydrogen) atoms. The molecule has 0 saturated heterocycles. The van der Waals surface area contributed by atoms with Crippen molar-refractivity contribution in [3.05, 3.63) is 77.6 Å². The molecule has 1 saturated carbocycles. The molecule has 1 aliphatic carbocycles. The van der Waals surface area contributed by atoms with E-state index in [2.05, 4.69) is 22.7 Å². The van der Waals surface area contributed by atoms with Crippen LogP contribution < -0.4 is 10.6 Å². The summed E-state index contributed by atoms with van der Waals surface area (Å²) in [7, 11) is 0. The third kappa shape index (κ3) is 4.71. The van der Waals surface area contributed by atoms with Crippen LogP contribution in [0.2, 0.25) is 0 Å². The minimum Gasteiger partial charge on any atom is -0.352 e. The second kappa shape index (κ2) is 8.31. The van der Waals surface area contributed by atoms with Gasteiger partial charge in [-0.25, -0.2) is 4.68 Å². The molecular weight excluding hydrogens is 364 g/mol. The fraction of sp³-hybridized carbons (Fsp3) is 0.261. The lowest BCUT2D eigenvalue weighted by Crippen LogP contribution is -2.23. The number of carbonyl (C=O) groups is 2. The Balaban J connectivity index is 1.36. The Morgan fingerprint density at radius 3 is 2.41 bits per heavy atom. The van der Waals surface area contributed by atoms with E-state index < -0.39 is 0 Å². The molecule has 1 fully saturated rings. The molecule has 2 aromatic carbocycles. The number of rotatable bonds is 7. The van der Waals surface area contributed by atoms with Crippen LogP contribution in [0.3, 0.4) is 0 Å². The van der Waals surface area contributed by atoms with E-state index in [1.54, 1.807) is 23.0 Å². The maximum atomic E-state index is 12.5. The van der Waals surface area contributed by atoms with Crippen LogP contribution in [0.1, 0.15) is 41.3 Å². The molecule has 0 radical (unpaired) electrons. The lowest BCUT2D eigenvalue weighted by molar-refractivity contribution is -0.122. The highest BCUT2D eigenvalue weighted by atomic mass is 16.2. The number of nitrogens with zero attached hydrogens (tertiary/aromatic N) is 2. The van der Waals surface area contributed by atoms with Crippen molar-refractivity contribution < 1.29 is 9.59 Å². The quantitative estimate of drug-likeness (QED) is 0.648. The van der Waals surface area contributed by atoms with Crippen molar-refractivity contribution in [2.75, 3.05) is 5.32 Å². The largest absolute Gasteiger partial charge is 0.352 e. The molecule has 3 aromatic rings. The summed E-state index contributed by atoms with van der Waals surface area (Å²) in [4.78, 5) is 24.2. The monoisotopic (exact) mass is 388 g/mol. The molecular formula is C23H24N4O2. The summed E-state index contributed by atoms with van der Waals surface area (Å²) in [5.41, 5.74) is 4.39. The van der Waals surface area contributed by atoms with Gasteiger partial charge in [-0.3, -0.25) is 9.59 Å². The van der Waals surface area contributed by atoms with Gasteiger partial charge >= 0.3 is 0 Å². The molecule has 1 heterocycles. The van der Waals surface area contributed by atoms with Gasteiger partial charge in [-0.2, -0.15) is 5.10 Å². The van der Waals surface area contributed by atoms with E-state index in [0.717, 1.165) is 36.2 Å². The van der Waals surface area contributed by atoms with Crippen molar-refractivity contribution in [2.24, 2.45) is 5.92 Å². The van der Waals surface area contributed by atoms with E-state index in [1.807, 2.05) is 42.6 Å². The Kier molecular flexibility index (Phi) is 5.42. The Bertz CT molecular complexity index is 1000. The predicted octanol–water partition coefficient (Wildman–Crippen LogP) is 3.71. The lowest BCUT2D eigenvalue weighted by atomic mass is 10.1. The molecule has 1 aliphatic rings. The first kappa shape index (κ1) is 18.9. The summed E-state index contributed by atoms with van der Waals surface area (Å²) in [5, 5.41) is 10.2. The zero-order valence-corrected chi connectivity index (χ0v) is 16.4. The number of carbonyl (C=O) groups excluding carboxylic acids is 2. The molecule has 4 rings (SSSR count). The molecule has 0 spiro atoms. The van der Waals surface area contributed by atoms with Crippen LogP contribution >= 0.6 is 0 Å². The molecule has 0 unspecified atom stereocenters. The first-order valence-corrected chi connectivity index (χ1v) is 9.94. The van der Waals surface area contributed by atoms with Gasteiger partial charge in [0.1, 0.15) is 0 Å². The Labute approximate surface area is 169 Å². The molecule has 0 bridgehead atoms. The highest BCUT2D eigenvalue weighted by molar-refractivity contribution is 6.04. The third-order valence-corrected chi connectivity index (χ3v) is 5.07. The number of anilines is 1. The van der Waals surface area contributed by atoms with E-state index in [0.29, 0.717) is 12.1 Å². The first-order valence-electron chi connectivity index (χ1n) is 9.94. The minimum absolute atomic E-state index is 0.123. The molecule has 1 aromatic heterocycles. The van der Waals surface area contributed by atoms with E-state index in [9.17, 15) is 9.59 Å². The van der Waals surface area contributed by atoms with Gasteiger partial charge in [0, 0.05) is 35.5 Å². The number of aryl methyl sites for hydroxylation is 1. The van der Waals surface area contributed by atoms with Gasteiger partial charge < -0.3 is 10.6 Å². The average molecular weight is 388 g/mol. The van der Waals surface area contributed by atoms with Crippen LogP contribution in [0.4, 0.5) is 5.69 Å². The van der Waals surface area contributed by atoms with E-state index >= 15 is 0 Å². The fourth-order valence-corrected chi connectivity index (χ4v) is 3.06. The van der Waals surface area contributed by atoms with Gasteiger partial charge in [-0.05, 0) is 61.2 Å². The summed E-state index contributed by atoms with van der Waals surface area (Å²) in [5.74, 6) is 0.176. The summed E-state index contributed by atoms with van der Waals surface area (Å²) in [6.45, 7) is 2.58. The molecule has 2 amide bonds. The fourth-order valence-electron chi connectivity index (χ4n) is 3.06. The highest BCUT2D eigenvalue weighted by Gasteiger charge is 2.29. The zero-order valence-electron chi connectivity index (χ0n) is 16.4. The van der Waals surface area contributed by atoms with E-state index in [-0.39, 0.29) is 17.7 Å². The normalized spacial score (nSPS) is 13.1. The lowest BCUT2D eigenvalue weighted by Gasteiger charge is -2.07. The second-order valence-electron chi connectivity index (χ2n) is 7.34. The Hall–Kier alpha value is -3.41. The number of benzene rings is 2. The van der Waals surface area contributed by atoms with Crippen molar-refractivity contribution in [1.82, 2.24) is 15.1 Å². The van der Waals surface area contributed by atoms with Crippen molar-refractivity contribution in [3.8, 4) is 5.69 Å². The van der Waals surface area contributed by atoms with Gasteiger partial charge in [-0.1, -0.05) is 19.1 Å². The van der Waals surface area contributed by atoms with Gasteiger partial charge in [0.25, 0.3) is 5.91 Å². The topological polar surface area (TPSA) is 76.0 Å². The molecule has 0 aliphatic heterocycles. The maximum absolute atomic E-state index is 12.5. The van der Waals surface area contributed by atoms with Gasteiger partial charge in [0.2, 0.25) is 5.91 Å². The maximum Gasteiger partial charge on any atom is 0.255 e. The number of amides is 2. The molecule has 2 N–H and O–H groups in total. The van der Waals surface area contributed by atoms with Crippen LogP contribution in [0.15, 0.2) is 60.9 Å². The first-order chi connectivity index (χ1) is 14.1. The zero-order chi connectivity index (χ0) is 20.2. The van der Waals surface area contributed by atoms with Crippen molar-refractivity contribution >= 4 is 17.5 Å². The molecule has 148 valence electrons. The molecule has 0 atom stereocenters. The summed E-state index contributed by atoms with van der Waals surface area (Å²) >= 11 is 0. The van der Waals surface area contributed by atoms with Crippen LogP contribution in [0.5, 0.6) is 0 Å². The van der Waals surface area contributed by atoms with E-state index in [4.69, 9.17) is 0 Å². The number of hydrogen-bond acceptors (Lipinski definition) is 3. The minimum atomic E-state index is -0.148. The number of nitrogens with one attached hydrogen (secondary N) is 2. The van der Waals surface area contributed by atoms with Crippen LogP contribution in [0, 0.1) is 5.92 Å². The van der Waals surface area contributed by atoms with Gasteiger partial charge in [0.15, 0.2) is 0 Å². The van der Waals surface area contributed by atoms with Crippen molar-refractivity contribution in [1.29, 1.82) is 0 Å². The predicted molar refractivity (Wildman–Crippen MR) is 112 cm³/mol. The van der Waals surface area contributed by atoms with Crippen LogP contribution in [-0.2, 0) is 17.8 Å². The smallest absolute Gasteiger partial charge is 0.255 e. The summed E-state index contributed by atoms with van der Waals surface area (Å²) in [6.07, 6.45) is 6.59. The number of aromatic nitrogens is 2. The van der Waals surface area contributed by atoms with Crippen LogP contribution in [-0.4, -0.2) is 21.6 Å². The molecule has 6 nitrogen and oxygen atoms in total. The highest BCUT2D eigenvalue weighted by Crippen LogP contribution is 2.28. The second-order valence-corrected chi connectivity index (χ2v) is 7.34. The number of hydrogen-bond donors (Lipinski definition) is 2. The Morgan fingerprint density at radius 2 is 1.76 bits per heavy atom. The summed E-state index contributed by atoms with van der Waals surface area (Å²) in [6, 6.07) is 15.1. The summed E-state index contributed by atoms with van der Waals surface area (Å²) < 4.78 is 1.74. The van der Waals surface area contributed by atoms with E-state index in [1.165, 1.54) is 5.56 Å². The Morgan fingerprint density at radius 1 is 1.03 bits per heavy atom. The average Bonchev–Trinajstić information content (AvgIpc) is 3.50.